The Bertz CT molecular complexity index is 776. The number of nitrogens with two attached hydrogens (primary N) is 1. The molecule has 0 radical (unpaired) electrons. The van der Waals surface area contributed by atoms with Gasteiger partial charge in [-0.3, -0.25) is 14.5 Å². The first-order valence-electron chi connectivity index (χ1n) is 11.7. The molecule has 3 unspecified atom stereocenters. The second kappa shape index (κ2) is 10.1. The number of carbonyl (C=O) groups is 2. The molecule has 3 atom stereocenters. The monoisotopic (exact) mass is 428 g/mol. The lowest BCUT2D eigenvalue weighted by Crippen LogP contribution is -2.47. The Kier molecular flexibility index (Phi) is 7.25. The predicted octanol–water partition coefficient (Wildman–Crippen LogP) is 1.43. The molecule has 1 aromatic carbocycles. The molecule has 3 aliphatic rings. The molecule has 3 N–H and O–H groups in total. The van der Waals surface area contributed by atoms with E-state index in [1.54, 1.807) is 0 Å². The molecule has 7 heteroatoms. The molecule has 1 aliphatic carbocycles. The van der Waals surface area contributed by atoms with Crippen molar-refractivity contribution in [3.05, 3.63) is 35.4 Å². The predicted molar refractivity (Wildman–Crippen MR) is 119 cm³/mol. The minimum absolute atomic E-state index is 0.0742. The molecular formula is C24H36N4O3. The number of benzene rings is 1. The lowest BCUT2D eigenvalue weighted by atomic mass is 10.0. The van der Waals surface area contributed by atoms with Gasteiger partial charge in [-0.1, -0.05) is 24.3 Å². The van der Waals surface area contributed by atoms with Crippen LogP contribution in [0.4, 0.5) is 0 Å². The number of amides is 2. The van der Waals surface area contributed by atoms with Gasteiger partial charge in [-0.05, 0) is 50.2 Å². The molecule has 170 valence electrons. The lowest BCUT2D eigenvalue weighted by Gasteiger charge is -2.31. The summed E-state index contributed by atoms with van der Waals surface area (Å²) < 4.78 is 5.95. The molecule has 2 aliphatic heterocycles. The highest BCUT2D eigenvalue weighted by atomic mass is 16.5. The largest absolute Gasteiger partial charge is 0.377 e. The van der Waals surface area contributed by atoms with E-state index in [9.17, 15) is 9.59 Å². The van der Waals surface area contributed by atoms with Gasteiger partial charge in [0.15, 0.2) is 0 Å². The molecule has 0 spiro atoms. The van der Waals surface area contributed by atoms with Gasteiger partial charge >= 0.3 is 0 Å². The van der Waals surface area contributed by atoms with Crippen LogP contribution in [-0.4, -0.2) is 72.6 Å². The van der Waals surface area contributed by atoms with Gasteiger partial charge < -0.3 is 20.7 Å². The van der Waals surface area contributed by atoms with E-state index in [-0.39, 0.29) is 29.9 Å². The summed E-state index contributed by atoms with van der Waals surface area (Å²) >= 11 is 0. The van der Waals surface area contributed by atoms with Crippen LogP contribution in [-0.2, 0) is 20.9 Å². The Hall–Kier alpha value is -1.96. The SMILES string of the molecule is Cc1ccccc1CN(CC1CCCO1)C1CC(C(=O)NCCN)N(C(=O)C2CC2)C1. The summed E-state index contributed by atoms with van der Waals surface area (Å²) in [5.74, 6) is 0.171. The van der Waals surface area contributed by atoms with Crippen LogP contribution in [0.15, 0.2) is 24.3 Å². The summed E-state index contributed by atoms with van der Waals surface area (Å²) in [5.41, 5.74) is 8.13. The van der Waals surface area contributed by atoms with E-state index in [0.29, 0.717) is 26.1 Å². The van der Waals surface area contributed by atoms with Crippen molar-refractivity contribution in [2.45, 2.75) is 63.8 Å². The Labute approximate surface area is 185 Å². The fourth-order valence-corrected chi connectivity index (χ4v) is 4.85. The van der Waals surface area contributed by atoms with Crippen molar-refractivity contribution in [1.29, 1.82) is 0 Å². The molecule has 31 heavy (non-hydrogen) atoms. The Balaban J connectivity index is 1.53. The highest BCUT2D eigenvalue weighted by Gasteiger charge is 2.45. The van der Waals surface area contributed by atoms with Crippen molar-refractivity contribution in [3.8, 4) is 0 Å². The summed E-state index contributed by atoms with van der Waals surface area (Å²) in [6, 6.07) is 8.18. The van der Waals surface area contributed by atoms with Crippen LogP contribution in [0.2, 0.25) is 0 Å². The third-order valence-electron chi connectivity index (χ3n) is 6.85. The molecule has 3 fully saturated rings. The first-order chi connectivity index (χ1) is 15.1. The smallest absolute Gasteiger partial charge is 0.242 e. The van der Waals surface area contributed by atoms with E-state index in [1.165, 1.54) is 11.1 Å². The molecule has 7 nitrogen and oxygen atoms in total. The van der Waals surface area contributed by atoms with Crippen LogP contribution < -0.4 is 11.1 Å². The van der Waals surface area contributed by atoms with Gasteiger partial charge in [0.1, 0.15) is 6.04 Å². The third-order valence-corrected chi connectivity index (χ3v) is 6.85. The Morgan fingerprint density at radius 1 is 1.26 bits per heavy atom. The second-order valence-corrected chi connectivity index (χ2v) is 9.24. The Morgan fingerprint density at radius 3 is 2.74 bits per heavy atom. The number of likely N-dealkylation sites (tertiary alicyclic amines) is 1. The fraction of sp³-hybridized carbons (Fsp3) is 0.667. The first kappa shape index (κ1) is 22.2. The quantitative estimate of drug-likeness (QED) is 0.621. The zero-order valence-electron chi connectivity index (χ0n) is 18.6. The van der Waals surface area contributed by atoms with E-state index in [4.69, 9.17) is 10.5 Å². The highest BCUT2D eigenvalue weighted by Crippen LogP contribution is 2.35. The minimum Gasteiger partial charge on any atom is -0.377 e. The summed E-state index contributed by atoms with van der Waals surface area (Å²) in [6.07, 6.45) is 4.95. The summed E-state index contributed by atoms with van der Waals surface area (Å²) in [4.78, 5) is 30.2. The maximum absolute atomic E-state index is 13.0. The Morgan fingerprint density at radius 2 is 2.06 bits per heavy atom. The maximum atomic E-state index is 13.0. The number of ether oxygens (including phenoxy) is 1. The molecule has 1 aromatic rings. The van der Waals surface area contributed by atoms with E-state index in [0.717, 1.165) is 45.4 Å². The molecular weight excluding hydrogens is 392 g/mol. The molecule has 2 amide bonds. The number of rotatable bonds is 9. The van der Waals surface area contributed by atoms with E-state index < -0.39 is 6.04 Å². The molecule has 0 aromatic heterocycles. The number of hydrogen-bond donors (Lipinski definition) is 2. The average molecular weight is 429 g/mol. The van der Waals surface area contributed by atoms with Crippen molar-refractivity contribution in [2.75, 3.05) is 32.8 Å². The topological polar surface area (TPSA) is 87.9 Å². The number of aryl methyl sites for hydroxylation is 1. The highest BCUT2D eigenvalue weighted by molar-refractivity contribution is 5.90. The zero-order valence-corrected chi connectivity index (χ0v) is 18.6. The van der Waals surface area contributed by atoms with Gasteiger partial charge in [-0.2, -0.15) is 0 Å². The van der Waals surface area contributed by atoms with Crippen LogP contribution in [0.3, 0.4) is 0 Å². The third kappa shape index (κ3) is 5.45. The summed E-state index contributed by atoms with van der Waals surface area (Å²) in [7, 11) is 0. The second-order valence-electron chi connectivity index (χ2n) is 9.24. The number of hydrogen-bond acceptors (Lipinski definition) is 5. The van der Waals surface area contributed by atoms with Gasteiger partial charge in [-0.25, -0.2) is 0 Å². The van der Waals surface area contributed by atoms with Crippen LogP contribution in [0.1, 0.15) is 43.2 Å². The average Bonchev–Trinajstić information content (AvgIpc) is 3.31. The summed E-state index contributed by atoms with van der Waals surface area (Å²) in [5, 5.41) is 2.91. The van der Waals surface area contributed by atoms with Gasteiger partial charge in [0, 0.05) is 51.3 Å². The van der Waals surface area contributed by atoms with Crippen molar-refractivity contribution in [2.24, 2.45) is 11.7 Å². The molecule has 2 heterocycles. The van der Waals surface area contributed by atoms with Crippen LogP contribution >= 0.6 is 0 Å². The summed E-state index contributed by atoms with van der Waals surface area (Å²) in [6.45, 7) is 6.05. The fourth-order valence-electron chi connectivity index (χ4n) is 4.85. The van der Waals surface area contributed by atoms with Gasteiger partial charge in [0.05, 0.1) is 6.10 Å². The van der Waals surface area contributed by atoms with Crippen molar-refractivity contribution < 1.29 is 14.3 Å². The van der Waals surface area contributed by atoms with Crippen molar-refractivity contribution in [3.63, 3.8) is 0 Å². The molecule has 2 saturated heterocycles. The van der Waals surface area contributed by atoms with Crippen LogP contribution in [0.5, 0.6) is 0 Å². The van der Waals surface area contributed by atoms with E-state index in [2.05, 4.69) is 41.4 Å². The maximum Gasteiger partial charge on any atom is 0.242 e. The number of nitrogens with one attached hydrogen (secondary N) is 1. The molecule has 1 saturated carbocycles. The van der Waals surface area contributed by atoms with Gasteiger partial charge in [0.2, 0.25) is 11.8 Å². The van der Waals surface area contributed by atoms with Crippen LogP contribution in [0.25, 0.3) is 0 Å². The van der Waals surface area contributed by atoms with E-state index >= 15 is 0 Å². The van der Waals surface area contributed by atoms with Gasteiger partial charge in [0.25, 0.3) is 0 Å². The van der Waals surface area contributed by atoms with Crippen molar-refractivity contribution >= 4 is 11.8 Å². The van der Waals surface area contributed by atoms with E-state index in [1.807, 2.05) is 4.90 Å². The van der Waals surface area contributed by atoms with Crippen molar-refractivity contribution in [1.82, 2.24) is 15.1 Å². The number of carbonyl (C=O) groups excluding carboxylic acids is 2. The first-order valence-corrected chi connectivity index (χ1v) is 11.7. The zero-order chi connectivity index (χ0) is 21.8. The lowest BCUT2D eigenvalue weighted by molar-refractivity contribution is -0.139. The normalized spacial score (nSPS) is 25.9. The number of nitrogens with zero attached hydrogens (tertiary/aromatic N) is 2. The van der Waals surface area contributed by atoms with Crippen LogP contribution in [0, 0.1) is 12.8 Å². The molecule has 4 rings (SSSR count). The van der Waals surface area contributed by atoms with Gasteiger partial charge in [-0.15, -0.1) is 0 Å². The minimum atomic E-state index is -0.409. The molecule has 0 bridgehead atoms. The standard InChI is InChI=1S/C24H36N4O3/c1-17-5-2-3-6-19(17)14-27(16-21-7-4-12-31-21)20-13-22(23(29)26-11-10-25)28(15-20)24(30)18-8-9-18/h2-3,5-6,18,20-22H,4,7-16,25H2,1H3,(H,26,29).